The SMILES string of the molecule is Nc1ncc2c(n1)C1(CCCN(C(=O)c3ccc4c(c3)CCCO4)C1)CC2. The summed E-state index contributed by atoms with van der Waals surface area (Å²) in [6.07, 6.45) is 7.87. The lowest BCUT2D eigenvalue weighted by atomic mass is 9.77. The van der Waals surface area contributed by atoms with Crippen LogP contribution in [0.25, 0.3) is 0 Å². The number of hydrogen-bond acceptors (Lipinski definition) is 5. The van der Waals surface area contributed by atoms with Gasteiger partial charge in [-0.05, 0) is 67.9 Å². The topological polar surface area (TPSA) is 81.3 Å². The van der Waals surface area contributed by atoms with Gasteiger partial charge in [-0.2, -0.15) is 0 Å². The average Bonchev–Trinajstić information content (AvgIpc) is 3.04. The van der Waals surface area contributed by atoms with Crippen LogP contribution in [0.2, 0.25) is 0 Å². The first-order chi connectivity index (χ1) is 13.1. The number of rotatable bonds is 1. The van der Waals surface area contributed by atoms with E-state index in [-0.39, 0.29) is 11.3 Å². The Kier molecular flexibility index (Phi) is 3.81. The summed E-state index contributed by atoms with van der Waals surface area (Å²) < 4.78 is 5.68. The van der Waals surface area contributed by atoms with Gasteiger partial charge in [-0.1, -0.05) is 0 Å². The van der Waals surface area contributed by atoms with Crippen molar-refractivity contribution in [2.75, 3.05) is 25.4 Å². The van der Waals surface area contributed by atoms with E-state index >= 15 is 0 Å². The molecule has 1 unspecified atom stereocenters. The fourth-order valence-corrected chi connectivity index (χ4v) is 4.93. The van der Waals surface area contributed by atoms with E-state index in [2.05, 4.69) is 9.97 Å². The maximum atomic E-state index is 13.2. The molecule has 1 fully saturated rings. The zero-order chi connectivity index (χ0) is 18.4. The van der Waals surface area contributed by atoms with E-state index in [1.165, 1.54) is 5.56 Å². The molecular weight excluding hydrogens is 340 g/mol. The number of carbonyl (C=O) groups is 1. The summed E-state index contributed by atoms with van der Waals surface area (Å²) in [5.74, 6) is 1.36. The van der Waals surface area contributed by atoms with E-state index < -0.39 is 0 Å². The maximum Gasteiger partial charge on any atom is 0.253 e. The molecule has 1 saturated heterocycles. The van der Waals surface area contributed by atoms with Crippen LogP contribution in [0.15, 0.2) is 24.4 Å². The molecule has 1 spiro atoms. The van der Waals surface area contributed by atoms with E-state index in [9.17, 15) is 4.79 Å². The van der Waals surface area contributed by atoms with Gasteiger partial charge in [0.25, 0.3) is 5.91 Å². The minimum Gasteiger partial charge on any atom is -0.493 e. The van der Waals surface area contributed by atoms with Gasteiger partial charge in [0, 0.05) is 30.3 Å². The number of piperidine rings is 1. The highest BCUT2D eigenvalue weighted by Crippen LogP contribution is 2.44. The number of carbonyl (C=O) groups excluding carboxylic acids is 1. The van der Waals surface area contributed by atoms with Crippen LogP contribution in [-0.2, 0) is 18.3 Å². The Labute approximate surface area is 158 Å². The summed E-state index contributed by atoms with van der Waals surface area (Å²) in [4.78, 5) is 23.9. The third-order valence-electron chi connectivity index (χ3n) is 6.28. The molecule has 140 valence electrons. The van der Waals surface area contributed by atoms with E-state index in [1.54, 1.807) is 0 Å². The van der Waals surface area contributed by atoms with E-state index in [4.69, 9.17) is 10.5 Å². The minimum atomic E-state index is -0.0718. The van der Waals surface area contributed by atoms with Crippen molar-refractivity contribution >= 4 is 11.9 Å². The number of nitrogens with two attached hydrogens (primary N) is 1. The maximum absolute atomic E-state index is 13.2. The summed E-state index contributed by atoms with van der Waals surface area (Å²) >= 11 is 0. The molecule has 1 amide bonds. The molecule has 2 N–H and O–H groups in total. The fourth-order valence-electron chi connectivity index (χ4n) is 4.93. The number of nitrogen functional groups attached to an aromatic ring is 1. The zero-order valence-corrected chi connectivity index (χ0v) is 15.4. The first kappa shape index (κ1) is 16.5. The second-order valence-electron chi connectivity index (χ2n) is 7.99. The molecule has 3 aliphatic rings. The molecule has 0 saturated carbocycles. The van der Waals surface area contributed by atoms with Crippen LogP contribution in [0, 0.1) is 0 Å². The average molecular weight is 364 g/mol. The summed E-state index contributed by atoms with van der Waals surface area (Å²) in [7, 11) is 0. The van der Waals surface area contributed by atoms with Crippen molar-refractivity contribution in [2.24, 2.45) is 0 Å². The molecular formula is C21H24N4O2. The highest BCUT2D eigenvalue weighted by atomic mass is 16.5. The molecule has 1 aliphatic carbocycles. The number of benzene rings is 1. The smallest absolute Gasteiger partial charge is 0.253 e. The van der Waals surface area contributed by atoms with Crippen molar-refractivity contribution in [3.8, 4) is 5.75 Å². The molecule has 2 aliphatic heterocycles. The number of ether oxygens (including phenoxy) is 1. The van der Waals surface area contributed by atoms with Crippen molar-refractivity contribution in [1.29, 1.82) is 0 Å². The van der Waals surface area contributed by atoms with Gasteiger partial charge in [-0.3, -0.25) is 4.79 Å². The second kappa shape index (κ2) is 6.22. The van der Waals surface area contributed by atoms with E-state index in [0.29, 0.717) is 12.5 Å². The molecule has 6 heteroatoms. The molecule has 2 aromatic rings. The number of amides is 1. The molecule has 1 aromatic heterocycles. The first-order valence-corrected chi connectivity index (χ1v) is 9.82. The third-order valence-corrected chi connectivity index (χ3v) is 6.28. The molecule has 27 heavy (non-hydrogen) atoms. The van der Waals surface area contributed by atoms with Crippen LogP contribution >= 0.6 is 0 Å². The van der Waals surface area contributed by atoms with Crippen LogP contribution in [0.4, 0.5) is 5.95 Å². The molecule has 1 aromatic carbocycles. The predicted octanol–water partition coefficient (Wildman–Crippen LogP) is 2.50. The minimum absolute atomic E-state index is 0.0718. The highest BCUT2D eigenvalue weighted by Gasteiger charge is 2.44. The Bertz CT molecular complexity index is 909. The number of aryl methyl sites for hydroxylation is 2. The molecule has 3 heterocycles. The summed E-state index contributed by atoms with van der Waals surface area (Å²) in [6, 6.07) is 5.86. The van der Waals surface area contributed by atoms with Crippen molar-refractivity contribution in [2.45, 2.75) is 43.9 Å². The fraction of sp³-hybridized carbons (Fsp3) is 0.476. The van der Waals surface area contributed by atoms with Gasteiger partial charge in [0.1, 0.15) is 5.75 Å². The van der Waals surface area contributed by atoms with Crippen molar-refractivity contribution < 1.29 is 9.53 Å². The number of fused-ring (bicyclic) bond motifs is 3. The number of hydrogen-bond donors (Lipinski definition) is 1. The molecule has 5 rings (SSSR count). The highest BCUT2D eigenvalue weighted by molar-refractivity contribution is 5.94. The number of anilines is 1. The Morgan fingerprint density at radius 1 is 1.19 bits per heavy atom. The molecule has 1 atom stereocenters. The van der Waals surface area contributed by atoms with Gasteiger partial charge in [0.05, 0.1) is 12.3 Å². The van der Waals surface area contributed by atoms with Crippen LogP contribution in [0.1, 0.15) is 52.9 Å². The van der Waals surface area contributed by atoms with Gasteiger partial charge in [-0.25, -0.2) is 9.97 Å². The monoisotopic (exact) mass is 364 g/mol. The van der Waals surface area contributed by atoms with E-state index in [0.717, 1.165) is 74.2 Å². The van der Waals surface area contributed by atoms with Crippen LogP contribution in [-0.4, -0.2) is 40.5 Å². The Hall–Kier alpha value is -2.63. The number of likely N-dealkylation sites (tertiary alicyclic amines) is 1. The van der Waals surface area contributed by atoms with Crippen LogP contribution < -0.4 is 10.5 Å². The standard InChI is InChI=1S/C21H24N4O2/c22-20-23-12-16-6-8-21(18(16)24-20)7-2-9-25(13-21)19(26)15-4-5-17-14(11-15)3-1-10-27-17/h4-5,11-12H,1-3,6-10,13H2,(H2,22,23,24). The molecule has 0 radical (unpaired) electrons. The predicted molar refractivity (Wildman–Crippen MR) is 102 cm³/mol. The molecule has 0 bridgehead atoms. The normalized spacial score (nSPS) is 23.6. The van der Waals surface area contributed by atoms with Crippen molar-refractivity contribution in [3.05, 3.63) is 46.8 Å². The molecule has 6 nitrogen and oxygen atoms in total. The summed E-state index contributed by atoms with van der Waals surface area (Å²) in [5.41, 5.74) is 9.94. The van der Waals surface area contributed by atoms with Crippen molar-refractivity contribution in [1.82, 2.24) is 14.9 Å². The van der Waals surface area contributed by atoms with Gasteiger partial charge in [0.2, 0.25) is 5.95 Å². The lowest BCUT2D eigenvalue weighted by molar-refractivity contribution is 0.0633. The lowest BCUT2D eigenvalue weighted by Gasteiger charge is -2.40. The largest absolute Gasteiger partial charge is 0.493 e. The van der Waals surface area contributed by atoms with Crippen molar-refractivity contribution in [3.63, 3.8) is 0 Å². The van der Waals surface area contributed by atoms with Gasteiger partial charge >= 0.3 is 0 Å². The first-order valence-electron chi connectivity index (χ1n) is 9.82. The Morgan fingerprint density at radius 3 is 3.04 bits per heavy atom. The second-order valence-corrected chi connectivity index (χ2v) is 7.99. The van der Waals surface area contributed by atoms with E-state index in [1.807, 2.05) is 29.3 Å². The Balaban J connectivity index is 1.42. The quantitative estimate of drug-likeness (QED) is 0.841. The van der Waals surface area contributed by atoms with Gasteiger partial charge in [-0.15, -0.1) is 0 Å². The summed E-state index contributed by atoms with van der Waals surface area (Å²) in [6.45, 7) is 2.27. The Morgan fingerprint density at radius 2 is 2.11 bits per heavy atom. The lowest BCUT2D eigenvalue weighted by Crippen LogP contribution is -2.48. The zero-order valence-electron chi connectivity index (χ0n) is 15.4. The van der Waals surface area contributed by atoms with Gasteiger partial charge < -0.3 is 15.4 Å². The van der Waals surface area contributed by atoms with Gasteiger partial charge in [0.15, 0.2) is 0 Å². The third kappa shape index (κ3) is 2.74. The van der Waals surface area contributed by atoms with Crippen LogP contribution in [0.3, 0.4) is 0 Å². The van der Waals surface area contributed by atoms with Crippen LogP contribution in [0.5, 0.6) is 5.75 Å². The number of nitrogens with zero attached hydrogens (tertiary/aromatic N) is 3. The number of aromatic nitrogens is 2. The summed E-state index contributed by atoms with van der Waals surface area (Å²) in [5, 5.41) is 0.